The van der Waals surface area contributed by atoms with Crippen molar-refractivity contribution in [2.75, 3.05) is 5.75 Å². The Bertz CT molecular complexity index is 291. The first-order valence-electron chi connectivity index (χ1n) is 5.21. The number of fused-ring (bicyclic) bond motifs is 2. The molecule has 0 aromatic heterocycles. The Labute approximate surface area is 93.4 Å². The van der Waals surface area contributed by atoms with Crippen LogP contribution in [0, 0.1) is 5.92 Å². The Morgan fingerprint density at radius 2 is 2.14 bits per heavy atom. The predicted octanol–water partition coefficient (Wildman–Crippen LogP) is 2.18. The molecule has 2 bridgehead atoms. The molecule has 2 saturated carbocycles. The zero-order valence-corrected chi connectivity index (χ0v) is 9.62. The summed E-state index contributed by atoms with van der Waals surface area (Å²) in [5, 5.41) is 0. The molecule has 1 aliphatic heterocycles. The third kappa shape index (κ3) is 1.10. The summed E-state index contributed by atoms with van der Waals surface area (Å²) in [7, 11) is 0. The first-order chi connectivity index (χ1) is 6.71. The summed E-state index contributed by atoms with van der Waals surface area (Å²) in [5.41, 5.74) is 0.155. The lowest BCUT2D eigenvalue weighted by molar-refractivity contribution is -0.128. The average molecular weight is 227 g/mol. The zero-order chi connectivity index (χ0) is 9.76. The molecule has 3 fully saturated rings. The maximum Gasteiger partial charge on any atom is 0.238 e. The highest BCUT2D eigenvalue weighted by molar-refractivity contribution is 8.23. The molecule has 14 heavy (non-hydrogen) atoms. The second-order valence-corrected chi connectivity index (χ2v) is 6.26. The van der Waals surface area contributed by atoms with Crippen molar-refractivity contribution in [3.63, 3.8) is 0 Å². The minimum absolute atomic E-state index is 0.155. The molecule has 0 radical (unpaired) electrons. The van der Waals surface area contributed by atoms with E-state index in [4.69, 9.17) is 12.2 Å². The quantitative estimate of drug-likeness (QED) is 0.640. The molecule has 0 unspecified atom stereocenters. The molecule has 1 heterocycles. The lowest BCUT2D eigenvalue weighted by Gasteiger charge is -2.36. The summed E-state index contributed by atoms with van der Waals surface area (Å²) in [6.07, 6.45) is 6.18. The number of thioether (sulfide) groups is 1. The summed E-state index contributed by atoms with van der Waals surface area (Å²) in [5.74, 6) is 1.70. The van der Waals surface area contributed by atoms with Crippen LogP contribution in [0.4, 0.5) is 0 Å². The molecule has 76 valence electrons. The topological polar surface area (TPSA) is 20.3 Å². The van der Waals surface area contributed by atoms with Gasteiger partial charge >= 0.3 is 0 Å². The van der Waals surface area contributed by atoms with E-state index in [2.05, 4.69) is 0 Å². The van der Waals surface area contributed by atoms with E-state index in [0.717, 1.165) is 10.2 Å². The van der Waals surface area contributed by atoms with E-state index in [9.17, 15) is 4.79 Å². The molecule has 0 spiro atoms. The van der Waals surface area contributed by atoms with Crippen LogP contribution in [0.15, 0.2) is 0 Å². The van der Waals surface area contributed by atoms with Gasteiger partial charge in [0, 0.05) is 5.54 Å². The lowest BCUT2D eigenvalue weighted by Crippen LogP contribution is -2.48. The van der Waals surface area contributed by atoms with Gasteiger partial charge in [-0.3, -0.25) is 9.69 Å². The van der Waals surface area contributed by atoms with Crippen LogP contribution in [0.25, 0.3) is 0 Å². The molecule has 4 heteroatoms. The van der Waals surface area contributed by atoms with E-state index in [1.165, 1.54) is 32.1 Å². The standard InChI is InChI=1S/C10H13NOS2/c12-8-6-14-9(13)11(8)10-3-1-7(5-10)2-4-10/h7H,1-6H2. The molecule has 1 amide bonds. The van der Waals surface area contributed by atoms with Crippen molar-refractivity contribution in [3.05, 3.63) is 0 Å². The number of nitrogens with zero attached hydrogens (tertiary/aromatic N) is 1. The lowest BCUT2D eigenvalue weighted by atomic mass is 9.92. The van der Waals surface area contributed by atoms with Gasteiger partial charge in [0.2, 0.25) is 5.91 Å². The van der Waals surface area contributed by atoms with E-state index in [0.29, 0.717) is 5.75 Å². The summed E-state index contributed by atoms with van der Waals surface area (Å²) >= 11 is 6.82. The number of thiocarbonyl (C=S) groups is 1. The van der Waals surface area contributed by atoms with Crippen molar-refractivity contribution < 1.29 is 4.79 Å². The number of carbonyl (C=O) groups excluding carboxylic acids is 1. The fraction of sp³-hybridized carbons (Fsp3) is 0.800. The van der Waals surface area contributed by atoms with Gasteiger partial charge in [-0.1, -0.05) is 24.0 Å². The maximum absolute atomic E-state index is 11.8. The van der Waals surface area contributed by atoms with Crippen molar-refractivity contribution in [1.29, 1.82) is 0 Å². The summed E-state index contributed by atoms with van der Waals surface area (Å²) in [6.45, 7) is 0. The van der Waals surface area contributed by atoms with E-state index in [1.54, 1.807) is 11.8 Å². The van der Waals surface area contributed by atoms with E-state index >= 15 is 0 Å². The minimum atomic E-state index is 0.155. The molecule has 0 aromatic rings. The van der Waals surface area contributed by atoms with Crippen LogP contribution in [0.1, 0.15) is 32.1 Å². The van der Waals surface area contributed by atoms with Crippen molar-refractivity contribution >= 4 is 34.2 Å². The van der Waals surface area contributed by atoms with Crippen LogP contribution in [-0.2, 0) is 4.79 Å². The highest BCUT2D eigenvalue weighted by Crippen LogP contribution is 2.52. The van der Waals surface area contributed by atoms with Crippen LogP contribution in [0.2, 0.25) is 0 Å². The van der Waals surface area contributed by atoms with Crippen molar-refractivity contribution in [2.24, 2.45) is 5.92 Å². The molecular weight excluding hydrogens is 214 g/mol. The molecule has 0 aromatic carbocycles. The van der Waals surface area contributed by atoms with Gasteiger partial charge < -0.3 is 0 Å². The number of hydrogen-bond acceptors (Lipinski definition) is 3. The monoisotopic (exact) mass is 227 g/mol. The van der Waals surface area contributed by atoms with E-state index in [1.807, 2.05) is 4.90 Å². The van der Waals surface area contributed by atoms with Crippen LogP contribution < -0.4 is 0 Å². The van der Waals surface area contributed by atoms with Crippen LogP contribution in [-0.4, -0.2) is 26.4 Å². The molecule has 1 saturated heterocycles. The van der Waals surface area contributed by atoms with Crippen LogP contribution >= 0.6 is 24.0 Å². The normalized spacial score (nSPS) is 41.4. The first-order valence-corrected chi connectivity index (χ1v) is 6.60. The van der Waals surface area contributed by atoms with Gasteiger partial charge in [0.15, 0.2) is 0 Å². The molecule has 3 rings (SSSR count). The SMILES string of the molecule is O=C1CSC(=S)N1C12CCC(CC1)C2. The first kappa shape index (κ1) is 9.16. The zero-order valence-electron chi connectivity index (χ0n) is 7.99. The second-order valence-electron chi connectivity index (χ2n) is 4.66. The highest BCUT2D eigenvalue weighted by Gasteiger charge is 2.52. The van der Waals surface area contributed by atoms with Gasteiger partial charge in [-0.25, -0.2) is 0 Å². The van der Waals surface area contributed by atoms with Gasteiger partial charge in [-0.15, -0.1) is 0 Å². The van der Waals surface area contributed by atoms with Gasteiger partial charge in [0.05, 0.1) is 5.75 Å². The summed E-state index contributed by atoms with van der Waals surface area (Å²) in [4.78, 5) is 13.7. The second kappa shape index (κ2) is 2.95. The van der Waals surface area contributed by atoms with Crippen molar-refractivity contribution in [1.82, 2.24) is 4.90 Å². The summed E-state index contributed by atoms with van der Waals surface area (Å²) in [6, 6.07) is 0. The molecule has 2 nitrogen and oxygen atoms in total. The Balaban J connectivity index is 1.94. The highest BCUT2D eigenvalue weighted by atomic mass is 32.2. The van der Waals surface area contributed by atoms with Gasteiger partial charge in [0.25, 0.3) is 0 Å². The maximum atomic E-state index is 11.8. The van der Waals surface area contributed by atoms with E-state index in [-0.39, 0.29) is 11.4 Å². The van der Waals surface area contributed by atoms with Gasteiger partial charge in [-0.2, -0.15) is 0 Å². The van der Waals surface area contributed by atoms with Gasteiger partial charge in [-0.05, 0) is 38.0 Å². The molecule has 2 aliphatic carbocycles. The smallest absolute Gasteiger partial charge is 0.238 e. The largest absolute Gasteiger partial charge is 0.291 e. The third-order valence-electron chi connectivity index (χ3n) is 3.93. The predicted molar refractivity (Wildman–Crippen MR) is 61.2 cm³/mol. The molecular formula is C10H13NOS2. The Morgan fingerprint density at radius 3 is 2.57 bits per heavy atom. The third-order valence-corrected chi connectivity index (χ3v) is 5.29. The fourth-order valence-electron chi connectivity index (χ4n) is 3.29. The molecule has 3 aliphatic rings. The molecule has 0 N–H and O–H groups in total. The van der Waals surface area contributed by atoms with E-state index < -0.39 is 0 Å². The average Bonchev–Trinajstić information content (AvgIpc) is 2.81. The number of carbonyl (C=O) groups is 1. The fourth-order valence-corrected chi connectivity index (χ4v) is 4.56. The van der Waals surface area contributed by atoms with Crippen LogP contribution in [0.5, 0.6) is 0 Å². The number of hydrogen-bond donors (Lipinski definition) is 0. The Hall–Kier alpha value is -0.0900. The number of rotatable bonds is 1. The summed E-state index contributed by atoms with van der Waals surface area (Å²) < 4.78 is 0.831. The Morgan fingerprint density at radius 1 is 1.43 bits per heavy atom. The number of amides is 1. The van der Waals surface area contributed by atoms with Crippen LogP contribution in [0.3, 0.4) is 0 Å². The van der Waals surface area contributed by atoms with Crippen molar-refractivity contribution in [2.45, 2.75) is 37.6 Å². The Kier molecular flexibility index (Phi) is 1.93. The molecule has 0 atom stereocenters. The van der Waals surface area contributed by atoms with Crippen molar-refractivity contribution in [3.8, 4) is 0 Å². The minimum Gasteiger partial charge on any atom is -0.291 e. The van der Waals surface area contributed by atoms with Gasteiger partial charge in [0.1, 0.15) is 4.32 Å².